The Hall–Kier alpha value is -2.49. The Kier molecular flexibility index (Phi) is 6.67. The first-order valence-corrected chi connectivity index (χ1v) is 8.25. The molecule has 0 radical (unpaired) electrons. The second-order valence-corrected chi connectivity index (χ2v) is 6.21. The predicted molar refractivity (Wildman–Crippen MR) is 96.7 cm³/mol. The van der Waals surface area contributed by atoms with Gasteiger partial charge in [-0.1, -0.05) is 31.5 Å². The Morgan fingerprint density at radius 1 is 0.958 bits per heavy atom. The molecule has 24 heavy (non-hydrogen) atoms. The Labute approximate surface area is 143 Å². The van der Waals surface area contributed by atoms with E-state index in [0.29, 0.717) is 18.3 Å². The molecule has 0 aliphatic heterocycles. The number of benzene rings is 2. The van der Waals surface area contributed by atoms with Crippen LogP contribution in [0, 0.1) is 12.8 Å². The first kappa shape index (κ1) is 17.9. The lowest BCUT2D eigenvalue weighted by Crippen LogP contribution is -2.20. The van der Waals surface area contributed by atoms with Crippen LogP contribution >= 0.6 is 0 Å². The lowest BCUT2D eigenvalue weighted by atomic mass is 10.1. The van der Waals surface area contributed by atoms with Crippen LogP contribution in [0.5, 0.6) is 11.5 Å². The molecule has 1 amide bonds. The number of ether oxygens (including phenoxy) is 2. The zero-order valence-electron chi connectivity index (χ0n) is 14.5. The summed E-state index contributed by atoms with van der Waals surface area (Å²) in [6.07, 6.45) is 1.03. The van der Waals surface area contributed by atoms with Crippen molar-refractivity contribution >= 4 is 11.6 Å². The van der Waals surface area contributed by atoms with Crippen LogP contribution in [0.25, 0.3) is 0 Å². The van der Waals surface area contributed by atoms with E-state index in [2.05, 4.69) is 19.2 Å². The number of rotatable bonds is 8. The van der Waals surface area contributed by atoms with Gasteiger partial charge in [0.15, 0.2) is 6.61 Å². The van der Waals surface area contributed by atoms with E-state index in [1.54, 1.807) is 0 Å². The first-order valence-electron chi connectivity index (χ1n) is 8.25. The average molecular weight is 327 g/mol. The SMILES string of the molecule is Cc1ccc(NC(=O)COc2ccc(OCCC(C)C)cc2)cc1. The van der Waals surface area contributed by atoms with E-state index in [1.165, 1.54) is 0 Å². The molecule has 128 valence electrons. The zero-order chi connectivity index (χ0) is 17.4. The highest BCUT2D eigenvalue weighted by atomic mass is 16.5. The summed E-state index contributed by atoms with van der Waals surface area (Å²) in [5, 5.41) is 2.80. The fourth-order valence-electron chi connectivity index (χ4n) is 2.03. The van der Waals surface area contributed by atoms with E-state index < -0.39 is 0 Å². The van der Waals surface area contributed by atoms with E-state index >= 15 is 0 Å². The van der Waals surface area contributed by atoms with Gasteiger partial charge >= 0.3 is 0 Å². The number of hydrogen-bond acceptors (Lipinski definition) is 3. The van der Waals surface area contributed by atoms with Crippen molar-refractivity contribution in [2.75, 3.05) is 18.5 Å². The molecule has 0 fully saturated rings. The maximum absolute atomic E-state index is 11.9. The molecule has 0 unspecified atom stereocenters. The standard InChI is InChI=1S/C20H25NO3/c1-15(2)12-13-23-18-8-10-19(11-9-18)24-14-20(22)21-17-6-4-16(3)5-7-17/h4-11,15H,12-14H2,1-3H3,(H,21,22). The molecule has 0 spiro atoms. The molecule has 0 atom stereocenters. The summed E-state index contributed by atoms with van der Waals surface area (Å²) >= 11 is 0. The third-order valence-electron chi connectivity index (χ3n) is 3.49. The van der Waals surface area contributed by atoms with Crippen LogP contribution in [-0.2, 0) is 4.79 Å². The molecule has 0 aliphatic rings. The van der Waals surface area contributed by atoms with Gasteiger partial charge in [0.2, 0.25) is 0 Å². The van der Waals surface area contributed by atoms with Crippen LogP contribution in [0.4, 0.5) is 5.69 Å². The third-order valence-corrected chi connectivity index (χ3v) is 3.49. The smallest absolute Gasteiger partial charge is 0.262 e. The summed E-state index contributed by atoms with van der Waals surface area (Å²) in [7, 11) is 0. The van der Waals surface area contributed by atoms with Gasteiger partial charge in [0.05, 0.1) is 6.61 Å². The maximum atomic E-state index is 11.9. The van der Waals surface area contributed by atoms with Crippen molar-refractivity contribution in [1.82, 2.24) is 0 Å². The molecule has 0 saturated carbocycles. The highest BCUT2D eigenvalue weighted by Gasteiger charge is 2.04. The normalized spacial score (nSPS) is 10.5. The van der Waals surface area contributed by atoms with Gasteiger partial charge in [0, 0.05) is 5.69 Å². The number of aryl methyl sites for hydroxylation is 1. The molecule has 0 aromatic heterocycles. The minimum Gasteiger partial charge on any atom is -0.494 e. The number of nitrogens with one attached hydrogen (secondary N) is 1. The van der Waals surface area contributed by atoms with Crippen LogP contribution in [-0.4, -0.2) is 19.1 Å². The number of carbonyl (C=O) groups excluding carboxylic acids is 1. The van der Waals surface area contributed by atoms with Gasteiger partial charge in [0.1, 0.15) is 11.5 Å². The second kappa shape index (κ2) is 8.96. The van der Waals surface area contributed by atoms with Crippen molar-refractivity contribution in [3.05, 3.63) is 54.1 Å². The van der Waals surface area contributed by atoms with Crippen LogP contribution < -0.4 is 14.8 Å². The molecule has 0 aliphatic carbocycles. The summed E-state index contributed by atoms with van der Waals surface area (Å²) in [6, 6.07) is 15.0. The summed E-state index contributed by atoms with van der Waals surface area (Å²) in [5.74, 6) is 1.90. The minimum atomic E-state index is -0.184. The fraction of sp³-hybridized carbons (Fsp3) is 0.350. The molecule has 2 aromatic rings. The van der Waals surface area contributed by atoms with Gasteiger partial charge in [-0.3, -0.25) is 4.79 Å². The van der Waals surface area contributed by atoms with Crippen LogP contribution in [0.3, 0.4) is 0 Å². The first-order chi connectivity index (χ1) is 11.5. The molecule has 1 N–H and O–H groups in total. The molecule has 2 rings (SSSR count). The number of amides is 1. The Bertz CT molecular complexity index is 633. The molecule has 0 saturated heterocycles. The van der Waals surface area contributed by atoms with Gasteiger partial charge in [0.25, 0.3) is 5.91 Å². The van der Waals surface area contributed by atoms with Gasteiger partial charge in [-0.15, -0.1) is 0 Å². The third kappa shape index (κ3) is 6.32. The lowest BCUT2D eigenvalue weighted by Gasteiger charge is -2.10. The fourth-order valence-corrected chi connectivity index (χ4v) is 2.03. The van der Waals surface area contributed by atoms with E-state index in [4.69, 9.17) is 9.47 Å². The molecule has 0 bridgehead atoms. The summed E-state index contributed by atoms with van der Waals surface area (Å²) in [6.45, 7) is 7.02. The van der Waals surface area contributed by atoms with Crippen molar-refractivity contribution in [3.8, 4) is 11.5 Å². The molecule has 4 nitrogen and oxygen atoms in total. The van der Waals surface area contributed by atoms with Crippen LogP contribution in [0.15, 0.2) is 48.5 Å². The zero-order valence-corrected chi connectivity index (χ0v) is 14.5. The molecule has 0 heterocycles. The van der Waals surface area contributed by atoms with Crippen molar-refractivity contribution in [2.24, 2.45) is 5.92 Å². The molecular formula is C20H25NO3. The number of hydrogen-bond donors (Lipinski definition) is 1. The maximum Gasteiger partial charge on any atom is 0.262 e. The van der Waals surface area contributed by atoms with E-state index in [1.807, 2.05) is 55.5 Å². The van der Waals surface area contributed by atoms with Crippen molar-refractivity contribution < 1.29 is 14.3 Å². The lowest BCUT2D eigenvalue weighted by molar-refractivity contribution is -0.118. The monoisotopic (exact) mass is 327 g/mol. The minimum absolute atomic E-state index is 0.0264. The van der Waals surface area contributed by atoms with Gasteiger partial charge < -0.3 is 14.8 Å². The molecule has 4 heteroatoms. The van der Waals surface area contributed by atoms with E-state index in [0.717, 1.165) is 23.4 Å². The van der Waals surface area contributed by atoms with E-state index in [9.17, 15) is 4.79 Å². The van der Waals surface area contributed by atoms with Gasteiger partial charge in [-0.2, -0.15) is 0 Å². The average Bonchev–Trinajstić information content (AvgIpc) is 2.56. The van der Waals surface area contributed by atoms with Crippen LogP contribution in [0.2, 0.25) is 0 Å². The van der Waals surface area contributed by atoms with Crippen LogP contribution in [0.1, 0.15) is 25.8 Å². The highest BCUT2D eigenvalue weighted by Crippen LogP contribution is 2.18. The van der Waals surface area contributed by atoms with Crippen molar-refractivity contribution in [3.63, 3.8) is 0 Å². The largest absolute Gasteiger partial charge is 0.494 e. The second-order valence-electron chi connectivity index (χ2n) is 6.21. The molecule has 2 aromatic carbocycles. The topological polar surface area (TPSA) is 47.6 Å². The Morgan fingerprint density at radius 2 is 1.54 bits per heavy atom. The molecular weight excluding hydrogens is 302 g/mol. The highest BCUT2D eigenvalue weighted by molar-refractivity contribution is 5.91. The summed E-state index contributed by atoms with van der Waals surface area (Å²) in [4.78, 5) is 11.9. The van der Waals surface area contributed by atoms with Gasteiger partial charge in [-0.25, -0.2) is 0 Å². The van der Waals surface area contributed by atoms with Crippen molar-refractivity contribution in [2.45, 2.75) is 27.2 Å². The predicted octanol–water partition coefficient (Wildman–Crippen LogP) is 4.44. The summed E-state index contributed by atoms with van der Waals surface area (Å²) in [5.41, 5.74) is 1.92. The summed E-state index contributed by atoms with van der Waals surface area (Å²) < 4.78 is 11.1. The quantitative estimate of drug-likeness (QED) is 0.780. The van der Waals surface area contributed by atoms with E-state index in [-0.39, 0.29) is 12.5 Å². The number of anilines is 1. The van der Waals surface area contributed by atoms with Gasteiger partial charge in [-0.05, 0) is 55.7 Å². The van der Waals surface area contributed by atoms with Crippen molar-refractivity contribution in [1.29, 1.82) is 0 Å². The Balaban J connectivity index is 1.75. The Morgan fingerprint density at radius 3 is 2.12 bits per heavy atom. The number of carbonyl (C=O) groups is 1.